The number of methoxy groups -OCH3 is 1. The second-order valence-corrected chi connectivity index (χ2v) is 4.04. The summed E-state index contributed by atoms with van der Waals surface area (Å²) in [7, 11) is 1.64. The zero-order chi connectivity index (χ0) is 13.9. The predicted molar refractivity (Wildman–Crippen MR) is 73.9 cm³/mol. The van der Waals surface area contributed by atoms with E-state index in [1.807, 2.05) is 31.2 Å². The Balaban J connectivity index is 2.31. The molecule has 0 amide bonds. The van der Waals surface area contributed by atoms with Gasteiger partial charge in [-0.15, -0.1) is 0 Å². The van der Waals surface area contributed by atoms with Crippen molar-refractivity contribution in [1.82, 2.24) is 5.32 Å². The SMILES string of the molecule is CCOc1ccccc1OCC(O)CNCCOC. The summed E-state index contributed by atoms with van der Waals surface area (Å²) in [6.07, 6.45) is -0.563. The third kappa shape index (κ3) is 6.42. The number of aliphatic hydroxyl groups excluding tert-OH is 1. The Hall–Kier alpha value is -1.30. The van der Waals surface area contributed by atoms with Crippen molar-refractivity contribution in [2.75, 3.05) is 40.0 Å². The fourth-order valence-corrected chi connectivity index (χ4v) is 1.53. The Morgan fingerprint density at radius 1 is 1.21 bits per heavy atom. The standard InChI is InChI=1S/C14H23NO4/c1-3-18-13-6-4-5-7-14(13)19-11-12(16)10-15-8-9-17-2/h4-7,12,15-16H,3,8-11H2,1-2H3. The topological polar surface area (TPSA) is 60.0 Å². The molecule has 0 spiro atoms. The quantitative estimate of drug-likeness (QED) is 0.622. The van der Waals surface area contributed by atoms with Crippen molar-refractivity contribution in [1.29, 1.82) is 0 Å². The highest BCUT2D eigenvalue weighted by Crippen LogP contribution is 2.26. The minimum Gasteiger partial charge on any atom is -0.490 e. The average molecular weight is 269 g/mol. The van der Waals surface area contributed by atoms with Crippen LogP contribution in [0.1, 0.15) is 6.92 Å². The molecule has 1 rings (SSSR count). The van der Waals surface area contributed by atoms with E-state index in [-0.39, 0.29) is 6.61 Å². The summed E-state index contributed by atoms with van der Waals surface area (Å²) in [4.78, 5) is 0. The van der Waals surface area contributed by atoms with Crippen molar-refractivity contribution in [3.63, 3.8) is 0 Å². The first-order chi connectivity index (χ1) is 9.27. The van der Waals surface area contributed by atoms with Crippen LogP contribution >= 0.6 is 0 Å². The summed E-state index contributed by atoms with van der Waals surface area (Å²) >= 11 is 0. The molecular formula is C14H23NO4. The third-order valence-corrected chi connectivity index (χ3v) is 2.44. The highest BCUT2D eigenvalue weighted by Gasteiger charge is 2.08. The molecule has 0 bridgehead atoms. The number of nitrogens with one attached hydrogen (secondary N) is 1. The minimum atomic E-state index is -0.563. The third-order valence-electron chi connectivity index (χ3n) is 2.44. The van der Waals surface area contributed by atoms with Crippen LogP contribution in [0.15, 0.2) is 24.3 Å². The lowest BCUT2D eigenvalue weighted by Crippen LogP contribution is -2.33. The predicted octanol–water partition coefficient (Wildman–Crippen LogP) is 1.06. The molecule has 19 heavy (non-hydrogen) atoms. The minimum absolute atomic E-state index is 0.226. The molecule has 0 fully saturated rings. The molecule has 0 heterocycles. The number of benzene rings is 1. The molecule has 5 heteroatoms. The maximum Gasteiger partial charge on any atom is 0.161 e. The van der Waals surface area contributed by atoms with Crippen molar-refractivity contribution in [2.45, 2.75) is 13.0 Å². The van der Waals surface area contributed by atoms with E-state index in [4.69, 9.17) is 14.2 Å². The normalized spacial score (nSPS) is 12.2. The molecule has 0 aromatic heterocycles. The molecule has 0 aliphatic carbocycles. The van der Waals surface area contributed by atoms with Crippen molar-refractivity contribution in [3.05, 3.63) is 24.3 Å². The van der Waals surface area contributed by atoms with Gasteiger partial charge in [-0.3, -0.25) is 0 Å². The molecule has 0 radical (unpaired) electrons. The first-order valence-corrected chi connectivity index (χ1v) is 6.50. The van der Waals surface area contributed by atoms with Gasteiger partial charge in [0.1, 0.15) is 12.7 Å². The number of hydrogen-bond donors (Lipinski definition) is 2. The zero-order valence-corrected chi connectivity index (χ0v) is 11.6. The van der Waals surface area contributed by atoms with Crippen LogP contribution in [0.5, 0.6) is 11.5 Å². The van der Waals surface area contributed by atoms with Gasteiger partial charge in [-0.25, -0.2) is 0 Å². The van der Waals surface area contributed by atoms with Crippen LogP contribution in [-0.4, -0.2) is 51.2 Å². The molecule has 0 aliphatic heterocycles. The van der Waals surface area contributed by atoms with E-state index in [0.29, 0.717) is 37.8 Å². The fourth-order valence-electron chi connectivity index (χ4n) is 1.53. The Labute approximate surface area is 114 Å². The van der Waals surface area contributed by atoms with Crippen molar-refractivity contribution >= 4 is 0 Å². The Bertz CT molecular complexity index is 346. The molecule has 1 aromatic carbocycles. The number of para-hydroxylation sites is 2. The molecule has 1 atom stereocenters. The van der Waals surface area contributed by atoms with Crippen LogP contribution in [-0.2, 0) is 4.74 Å². The molecule has 0 aliphatic rings. The smallest absolute Gasteiger partial charge is 0.161 e. The van der Waals surface area contributed by atoms with Crippen molar-refractivity contribution < 1.29 is 19.3 Å². The largest absolute Gasteiger partial charge is 0.490 e. The first kappa shape index (κ1) is 15.8. The molecule has 5 nitrogen and oxygen atoms in total. The molecular weight excluding hydrogens is 246 g/mol. The van der Waals surface area contributed by atoms with Gasteiger partial charge in [0.25, 0.3) is 0 Å². The van der Waals surface area contributed by atoms with Gasteiger partial charge in [-0.1, -0.05) is 12.1 Å². The molecule has 0 saturated carbocycles. The van der Waals surface area contributed by atoms with Gasteiger partial charge in [0, 0.05) is 20.2 Å². The van der Waals surface area contributed by atoms with Gasteiger partial charge in [0.15, 0.2) is 11.5 Å². The molecule has 1 aromatic rings. The van der Waals surface area contributed by atoms with E-state index in [0.717, 1.165) is 0 Å². The average Bonchev–Trinajstić information content (AvgIpc) is 2.43. The van der Waals surface area contributed by atoms with Crippen LogP contribution in [0.4, 0.5) is 0 Å². The van der Waals surface area contributed by atoms with Crippen molar-refractivity contribution in [2.24, 2.45) is 0 Å². The van der Waals surface area contributed by atoms with Gasteiger partial charge in [0.05, 0.1) is 13.2 Å². The number of rotatable bonds is 10. The number of ether oxygens (including phenoxy) is 3. The lowest BCUT2D eigenvalue weighted by atomic mass is 10.3. The van der Waals surface area contributed by atoms with Gasteiger partial charge in [0.2, 0.25) is 0 Å². The Morgan fingerprint density at radius 3 is 2.53 bits per heavy atom. The van der Waals surface area contributed by atoms with Crippen LogP contribution < -0.4 is 14.8 Å². The molecule has 1 unspecified atom stereocenters. The van der Waals surface area contributed by atoms with E-state index >= 15 is 0 Å². The summed E-state index contributed by atoms with van der Waals surface area (Å²) in [5.41, 5.74) is 0. The monoisotopic (exact) mass is 269 g/mol. The summed E-state index contributed by atoms with van der Waals surface area (Å²) in [6, 6.07) is 7.44. The van der Waals surface area contributed by atoms with E-state index in [9.17, 15) is 5.11 Å². The van der Waals surface area contributed by atoms with Crippen LogP contribution in [0, 0.1) is 0 Å². The molecule has 0 saturated heterocycles. The van der Waals surface area contributed by atoms with E-state index in [1.54, 1.807) is 7.11 Å². The van der Waals surface area contributed by atoms with E-state index in [2.05, 4.69) is 5.32 Å². The highest BCUT2D eigenvalue weighted by atomic mass is 16.5. The lowest BCUT2D eigenvalue weighted by molar-refractivity contribution is 0.101. The Kier molecular flexibility index (Phi) is 7.97. The van der Waals surface area contributed by atoms with E-state index in [1.165, 1.54) is 0 Å². The van der Waals surface area contributed by atoms with Gasteiger partial charge in [-0.2, -0.15) is 0 Å². The second-order valence-electron chi connectivity index (χ2n) is 4.04. The van der Waals surface area contributed by atoms with Crippen LogP contribution in [0.3, 0.4) is 0 Å². The Morgan fingerprint density at radius 2 is 1.89 bits per heavy atom. The molecule has 2 N–H and O–H groups in total. The van der Waals surface area contributed by atoms with Crippen LogP contribution in [0.25, 0.3) is 0 Å². The number of hydrogen-bond acceptors (Lipinski definition) is 5. The number of aliphatic hydroxyl groups is 1. The van der Waals surface area contributed by atoms with Crippen LogP contribution in [0.2, 0.25) is 0 Å². The first-order valence-electron chi connectivity index (χ1n) is 6.50. The summed E-state index contributed by atoms with van der Waals surface area (Å²) in [5.74, 6) is 1.35. The van der Waals surface area contributed by atoms with Gasteiger partial charge >= 0.3 is 0 Å². The maximum absolute atomic E-state index is 9.76. The summed E-state index contributed by atoms with van der Waals surface area (Å²) in [6.45, 7) is 4.54. The van der Waals surface area contributed by atoms with E-state index < -0.39 is 6.10 Å². The summed E-state index contributed by atoms with van der Waals surface area (Å²) < 4.78 is 15.9. The zero-order valence-electron chi connectivity index (χ0n) is 11.6. The molecule has 108 valence electrons. The lowest BCUT2D eigenvalue weighted by Gasteiger charge is -2.15. The van der Waals surface area contributed by atoms with Crippen molar-refractivity contribution in [3.8, 4) is 11.5 Å². The fraction of sp³-hybridized carbons (Fsp3) is 0.571. The van der Waals surface area contributed by atoms with Gasteiger partial charge in [-0.05, 0) is 19.1 Å². The maximum atomic E-state index is 9.76. The second kappa shape index (κ2) is 9.61. The highest BCUT2D eigenvalue weighted by molar-refractivity contribution is 5.39. The summed E-state index contributed by atoms with van der Waals surface area (Å²) in [5, 5.41) is 12.8. The van der Waals surface area contributed by atoms with Gasteiger partial charge < -0.3 is 24.6 Å².